The van der Waals surface area contributed by atoms with Gasteiger partial charge in [0.15, 0.2) is 5.75 Å². The van der Waals surface area contributed by atoms with Crippen LogP contribution in [0.4, 0.5) is 0 Å². The zero-order chi connectivity index (χ0) is 14.0. The first-order valence-corrected chi connectivity index (χ1v) is 5.80. The molecule has 98 valence electrons. The smallest absolute Gasteiger partial charge is 0.341 e. The maximum atomic E-state index is 11.3. The monoisotopic (exact) mass is 258 g/mol. The highest BCUT2D eigenvalue weighted by Gasteiger charge is 2.18. The van der Waals surface area contributed by atoms with Gasteiger partial charge in [0.1, 0.15) is 5.56 Å². The van der Waals surface area contributed by atoms with Crippen LogP contribution in [0, 0.1) is 20.8 Å². The van der Waals surface area contributed by atoms with E-state index in [0.717, 1.165) is 0 Å². The minimum absolute atomic E-state index is 0.0776. The number of carboxylic acid groups (broad SMARTS) is 1. The van der Waals surface area contributed by atoms with E-state index >= 15 is 0 Å². The molecule has 0 aromatic carbocycles. The Labute approximate surface area is 110 Å². The Morgan fingerprint density at radius 2 is 2.05 bits per heavy atom. The lowest BCUT2D eigenvalue weighted by molar-refractivity contribution is 0.0692. The van der Waals surface area contributed by atoms with Crippen LogP contribution in [-0.4, -0.2) is 21.0 Å². The van der Waals surface area contributed by atoms with E-state index in [1.165, 1.54) is 0 Å². The SMILES string of the molecule is Cc1cc(C)c(C(=O)O)c(Oc2cccnc2C)n1. The summed E-state index contributed by atoms with van der Waals surface area (Å²) in [5.41, 5.74) is 2.09. The standard InChI is InChI=1S/C14H14N2O3/c1-8-7-9(2)16-13(12(8)14(17)18)19-11-5-4-6-15-10(11)3/h4-7H,1-3H3,(H,17,18). The Bertz CT molecular complexity index is 639. The summed E-state index contributed by atoms with van der Waals surface area (Å²) in [5.74, 6) is -0.454. The van der Waals surface area contributed by atoms with Crippen molar-refractivity contribution in [3.8, 4) is 11.6 Å². The molecule has 0 saturated carbocycles. The number of hydrogen-bond donors (Lipinski definition) is 1. The minimum atomic E-state index is -1.05. The number of nitrogens with zero attached hydrogens (tertiary/aromatic N) is 2. The van der Waals surface area contributed by atoms with Crippen molar-refractivity contribution in [3.63, 3.8) is 0 Å². The molecule has 0 saturated heterocycles. The normalized spacial score (nSPS) is 10.3. The molecule has 5 heteroatoms. The molecule has 0 aliphatic carbocycles. The van der Waals surface area contributed by atoms with E-state index in [-0.39, 0.29) is 11.4 Å². The Morgan fingerprint density at radius 3 is 2.68 bits per heavy atom. The third-order valence-corrected chi connectivity index (χ3v) is 2.69. The molecular formula is C14H14N2O3. The lowest BCUT2D eigenvalue weighted by Crippen LogP contribution is -2.06. The number of carboxylic acids is 1. The molecule has 0 fully saturated rings. The van der Waals surface area contributed by atoms with Gasteiger partial charge in [-0.3, -0.25) is 4.98 Å². The summed E-state index contributed by atoms with van der Waals surface area (Å²) in [6, 6.07) is 5.17. The maximum absolute atomic E-state index is 11.3. The molecule has 0 radical (unpaired) electrons. The lowest BCUT2D eigenvalue weighted by atomic mass is 10.1. The molecule has 5 nitrogen and oxygen atoms in total. The van der Waals surface area contributed by atoms with Gasteiger partial charge in [0.2, 0.25) is 5.88 Å². The van der Waals surface area contributed by atoms with Crippen molar-refractivity contribution in [2.45, 2.75) is 20.8 Å². The van der Waals surface area contributed by atoms with E-state index < -0.39 is 5.97 Å². The van der Waals surface area contributed by atoms with Crippen LogP contribution in [0.1, 0.15) is 27.3 Å². The Kier molecular flexibility index (Phi) is 3.46. The summed E-state index contributed by atoms with van der Waals surface area (Å²) in [5, 5.41) is 9.25. The van der Waals surface area contributed by atoms with Gasteiger partial charge in [-0.1, -0.05) is 0 Å². The largest absolute Gasteiger partial charge is 0.477 e. The molecule has 19 heavy (non-hydrogen) atoms. The third-order valence-electron chi connectivity index (χ3n) is 2.69. The number of rotatable bonds is 3. The van der Waals surface area contributed by atoms with E-state index in [0.29, 0.717) is 22.7 Å². The number of hydrogen-bond acceptors (Lipinski definition) is 4. The van der Waals surface area contributed by atoms with Crippen LogP contribution < -0.4 is 4.74 Å². The second-order valence-electron chi connectivity index (χ2n) is 4.25. The van der Waals surface area contributed by atoms with Crippen LogP contribution in [0.3, 0.4) is 0 Å². The Hall–Kier alpha value is -2.43. The topological polar surface area (TPSA) is 72.3 Å². The fourth-order valence-electron chi connectivity index (χ4n) is 1.82. The van der Waals surface area contributed by atoms with Gasteiger partial charge in [0, 0.05) is 11.9 Å². The molecule has 0 amide bonds. The van der Waals surface area contributed by atoms with Gasteiger partial charge in [-0.15, -0.1) is 0 Å². The number of carbonyl (C=O) groups is 1. The third kappa shape index (κ3) is 2.70. The molecule has 2 heterocycles. The van der Waals surface area contributed by atoms with Crippen LogP contribution in [-0.2, 0) is 0 Å². The van der Waals surface area contributed by atoms with E-state index in [4.69, 9.17) is 4.74 Å². The highest BCUT2D eigenvalue weighted by Crippen LogP contribution is 2.27. The summed E-state index contributed by atoms with van der Waals surface area (Å²) in [6.07, 6.45) is 1.65. The maximum Gasteiger partial charge on any atom is 0.341 e. The fraction of sp³-hybridized carbons (Fsp3) is 0.214. The molecule has 1 N–H and O–H groups in total. The number of aromatic carboxylic acids is 1. The summed E-state index contributed by atoms with van der Waals surface area (Å²) in [4.78, 5) is 19.5. The number of aromatic nitrogens is 2. The highest BCUT2D eigenvalue weighted by atomic mass is 16.5. The Morgan fingerprint density at radius 1 is 1.32 bits per heavy atom. The summed E-state index contributed by atoms with van der Waals surface area (Å²) < 4.78 is 5.61. The molecule has 2 aromatic heterocycles. The first-order valence-electron chi connectivity index (χ1n) is 5.80. The molecule has 2 rings (SSSR count). The molecule has 0 aliphatic rings. The van der Waals surface area contributed by atoms with E-state index in [1.807, 2.05) is 0 Å². The fourth-order valence-corrected chi connectivity index (χ4v) is 1.82. The van der Waals surface area contributed by atoms with Gasteiger partial charge in [-0.2, -0.15) is 0 Å². The molecule has 2 aromatic rings. The molecule has 0 unspecified atom stereocenters. The van der Waals surface area contributed by atoms with Gasteiger partial charge in [-0.05, 0) is 44.5 Å². The second-order valence-corrected chi connectivity index (χ2v) is 4.25. The average Bonchev–Trinajstić information content (AvgIpc) is 2.30. The molecule has 0 spiro atoms. The Balaban J connectivity index is 2.51. The van der Waals surface area contributed by atoms with Crippen LogP contribution in [0.2, 0.25) is 0 Å². The van der Waals surface area contributed by atoms with Crippen molar-refractivity contribution >= 4 is 5.97 Å². The summed E-state index contributed by atoms with van der Waals surface area (Å²) in [7, 11) is 0. The first-order chi connectivity index (χ1) is 8.99. The van der Waals surface area contributed by atoms with Crippen molar-refractivity contribution in [1.82, 2.24) is 9.97 Å². The number of pyridine rings is 2. The van der Waals surface area contributed by atoms with Crippen LogP contribution >= 0.6 is 0 Å². The number of aryl methyl sites for hydroxylation is 3. The first kappa shape index (κ1) is 13.0. The summed E-state index contributed by atoms with van der Waals surface area (Å²) >= 11 is 0. The van der Waals surface area contributed by atoms with E-state index in [1.54, 1.807) is 45.2 Å². The van der Waals surface area contributed by atoms with Gasteiger partial charge in [-0.25, -0.2) is 9.78 Å². The van der Waals surface area contributed by atoms with Gasteiger partial charge in [0.05, 0.1) is 5.69 Å². The average molecular weight is 258 g/mol. The van der Waals surface area contributed by atoms with Crippen molar-refractivity contribution in [3.05, 3.63) is 46.9 Å². The van der Waals surface area contributed by atoms with Crippen molar-refractivity contribution in [1.29, 1.82) is 0 Å². The van der Waals surface area contributed by atoms with Crippen molar-refractivity contribution in [2.24, 2.45) is 0 Å². The second kappa shape index (κ2) is 5.06. The van der Waals surface area contributed by atoms with Crippen molar-refractivity contribution < 1.29 is 14.6 Å². The van der Waals surface area contributed by atoms with E-state index in [2.05, 4.69) is 9.97 Å². The predicted octanol–water partition coefficient (Wildman–Crippen LogP) is 2.89. The quantitative estimate of drug-likeness (QED) is 0.916. The molecule has 0 atom stereocenters. The molecule has 0 bridgehead atoms. The summed E-state index contributed by atoms with van der Waals surface area (Å²) in [6.45, 7) is 5.31. The number of ether oxygens (including phenoxy) is 1. The molecular weight excluding hydrogens is 244 g/mol. The van der Waals surface area contributed by atoms with Crippen LogP contribution in [0.15, 0.2) is 24.4 Å². The van der Waals surface area contributed by atoms with Crippen molar-refractivity contribution in [2.75, 3.05) is 0 Å². The molecule has 0 aliphatic heterocycles. The van der Waals surface area contributed by atoms with Crippen LogP contribution in [0.25, 0.3) is 0 Å². The zero-order valence-corrected chi connectivity index (χ0v) is 11.0. The van der Waals surface area contributed by atoms with Gasteiger partial charge < -0.3 is 9.84 Å². The highest BCUT2D eigenvalue weighted by molar-refractivity contribution is 5.92. The van der Waals surface area contributed by atoms with E-state index in [9.17, 15) is 9.90 Å². The van der Waals surface area contributed by atoms with Gasteiger partial charge >= 0.3 is 5.97 Å². The zero-order valence-electron chi connectivity index (χ0n) is 11.0. The predicted molar refractivity (Wildman–Crippen MR) is 69.7 cm³/mol. The van der Waals surface area contributed by atoms with Gasteiger partial charge in [0.25, 0.3) is 0 Å². The minimum Gasteiger partial charge on any atom is -0.477 e. The van der Waals surface area contributed by atoms with Crippen LogP contribution in [0.5, 0.6) is 11.6 Å². The lowest BCUT2D eigenvalue weighted by Gasteiger charge is -2.11.